The fourth-order valence-electron chi connectivity index (χ4n) is 0.680. The van der Waals surface area contributed by atoms with Crippen molar-refractivity contribution in [1.82, 2.24) is 5.73 Å². The molecule has 12 heavy (non-hydrogen) atoms. The molecule has 0 unspecified atom stereocenters. The summed E-state index contributed by atoms with van der Waals surface area (Å²) in [4.78, 5) is 11.3. The number of thioether (sulfide) groups is 1. The molecular formula is C8H7ClNOS. The van der Waals surface area contributed by atoms with E-state index >= 15 is 0 Å². The molecule has 0 fully saturated rings. The standard InChI is InChI=1S/C8H7ClNOS/c9-6-1-3-7(4-2-6)12-5-8(10)11/h1-4,10H,5H2. The monoisotopic (exact) mass is 200 g/mol. The molecule has 0 aliphatic carbocycles. The van der Waals surface area contributed by atoms with Crippen molar-refractivity contribution in [1.29, 1.82) is 0 Å². The lowest BCUT2D eigenvalue weighted by Crippen LogP contribution is -1.99. The molecule has 2 nitrogen and oxygen atoms in total. The number of hydrogen-bond donors (Lipinski definition) is 0. The maximum absolute atomic E-state index is 10.3. The van der Waals surface area contributed by atoms with Crippen molar-refractivity contribution < 1.29 is 4.79 Å². The predicted molar refractivity (Wildman–Crippen MR) is 50.3 cm³/mol. The number of rotatable bonds is 3. The summed E-state index contributed by atoms with van der Waals surface area (Å²) in [6.07, 6.45) is 0. The molecule has 1 aromatic rings. The molecule has 0 atom stereocenters. The predicted octanol–water partition coefficient (Wildman–Crippen LogP) is 2.24. The summed E-state index contributed by atoms with van der Waals surface area (Å²) in [7, 11) is 0. The minimum atomic E-state index is -0.560. The Morgan fingerprint density at radius 1 is 1.42 bits per heavy atom. The van der Waals surface area contributed by atoms with E-state index in [1.807, 2.05) is 12.1 Å². The van der Waals surface area contributed by atoms with E-state index in [-0.39, 0.29) is 5.75 Å². The maximum atomic E-state index is 10.3. The highest BCUT2D eigenvalue weighted by Gasteiger charge is 1.97. The van der Waals surface area contributed by atoms with Gasteiger partial charge in [-0.15, -0.1) is 11.8 Å². The molecule has 0 aromatic heterocycles. The molecule has 0 aliphatic heterocycles. The summed E-state index contributed by atoms with van der Waals surface area (Å²) in [5.74, 6) is -0.364. The zero-order chi connectivity index (χ0) is 8.97. The average molecular weight is 201 g/mol. The van der Waals surface area contributed by atoms with Crippen molar-refractivity contribution in [3.63, 3.8) is 0 Å². The highest BCUT2D eigenvalue weighted by molar-refractivity contribution is 8.00. The topological polar surface area (TPSA) is 40.9 Å². The van der Waals surface area contributed by atoms with E-state index in [9.17, 15) is 4.79 Å². The molecule has 0 saturated carbocycles. The summed E-state index contributed by atoms with van der Waals surface area (Å²) < 4.78 is 0. The van der Waals surface area contributed by atoms with Gasteiger partial charge in [-0.05, 0) is 24.3 Å². The van der Waals surface area contributed by atoms with E-state index in [4.69, 9.17) is 17.3 Å². The number of carbonyl (C=O) groups is 1. The first-order valence-electron chi connectivity index (χ1n) is 3.31. The molecule has 1 N–H and O–H groups in total. The van der Waals surface area contributed by atoms with Crippen LogP contribution in [0.2, 0.25) is 5.02 Å². The van der Waals surface area contributed by atoms with Gasteiger partial charge < -0.3 is 0 Å². The van der Waals surface area contributed by atoms with Crippen LogP contribution in [0.5, 0.6) is 0 Å². The van der Waals surface area contributed by atoms with Crippen LogP contribution in [0, 0.1) is 0 Å². The van der Waals surface area contributed by atoms with Crippen molar-refractivity contribution >= 4 is 29.3 Å². The number of carbonyl (C=O) groups excluding carboxylic acids is 1. The zero-order valence-electron chi connectivity index (χ0n) is 6.21. The lowest BCUT2D eigenvalue weighted by molar-refractivity contribution is -0.116. The summed E-state index contributed by atoms with van der Waals surface area (Å²) in [6.45, 7) is 0. The largest absolute Gasteiger partial charge is 0.272 e. The second-order valence-corrected chi connectivity index (χ2v) is 3.65. The van der Waals surface area contributed by atoms with Crippen molar-refractivity contribution in [2.45, 2.75) is 4.90 Å². The Balaban J connectivity index is 2.53. The van der Waals surface area contributed by atoms with Crippen LogP contribution in [0.4, 0.5) is 0 Å². The third-order valence-electron chi connectivity index (χ3n) is 1.18. The number of amides is 1. The van der Waals surface area contributed by atoms with Crippen molar-refractivity contribution in [3.05, 3.63) is 29.3 Å². The molecule has 4 heteroatoms. The molecular weight excluding hydrogens is 194 g/mol. The van der Waals surface area contributed by atoms with Gasteiger partial charge in [-0.1, -0.05) is 11.6 Å². The Morgan fingerprint density at radius 2 is 2.00 bits per heavy atom. The van der Waals surface area contributed by atoms with Gasteiger partial charge in [-0.25, -0.2) is 0 Å². The van der Waals surface area contributed by atoms with Crippen LogP contribution in [-0.2, 0) is 4.79 Å². The minimum absolute atomic E-state index is 0.196. The number of benzene rings is 1. The highest BCUT2D eigenvalue weighted by atomic mass is 35.5. The van der Waals surface area contributed by atoms with Gasteiger partial charge in [-0.3, -0.25) is 10.5 Å². The van der Waals surface area contributed by atoms with E-state index in [2.05, 4.69) is 0 Å². The van der Waals surface area contributed by atoms with Crippen molar-refractivity contribution in [2.24, 2.45) is 0 Å². The third-order valence-corrected chi connectivity index (χ3v) is 2.45. The molecule has 0 saturated heterocycles. The Hall–Kier alpha value is -0.670. The number of hydrogen-bond acceptors (Lipinski definition) is 2. The smallest absolute Gasteiger partial charge is 0.248 e. The van der Waals surface area contributed by atoms with E-state index in [0.717, 1.165) is 4.90 Å². The molecule has 1 radical (unpaired) electrons. The van der Waals surface area contributed by atoms with Gasteiger partial charge in [0.1, 0.15) is 0 Å². The fourth-order valence-corrected chi connectivity index (χ4v) is 1.43. The van der Waals surface area contributed by atoms with Gasteiger partial charge >= 0.3 is 0 Å². The number of nitrogens with one attached hydrogen (secondary N) is 1. The Labute approximate surface area is 80.1 Å². The summed E-state index contributed by atoms with van der Waals surface area (Å²) in [6, 6.07) is 7.18. The minimum Gasteiger partial charge on any atom is -0.272 e. The van der Waals surface area contributed by atoms with Crippen LogP contribution >= 0.6 is 23.4 Å². The average Bonchev–Trinajstić information content (AvgIpc) is 2.03. The lowest BCUT2D eigenvalue weighted by atomic mass is 10.4. The summed E-state index contributed by atoms with van der Waals surface area (Å²) >= 11 is 7.00. The third kappa shape index (κ3) is 3.15. The van der Waals surface area contributed by atoms with Crippen LogP contribution in [0.3, 0.4) is 0 Å². The zero-order valence-corrected chi connectivity index (χ0v) is 7.78. The molecule has 0 heterocycles. The van der Waals surface area contributed by atoms with Crippen LogP contribution in [0.15, 0.2) is 29.2 Å². The van der Waals surface area contributed by atoms with Crippen LogP contribution in [-0.4, -0.2) is 11.7 Å². The Kier molecular flexibility index (Phi) is 3.44. The Bertz CT molecular complexity index is 273. The first kappa shape index (κ1) is 9.42. The molecule has 0 aliphatic rings. The molecule has 1 aromatic carbocycles. The van der Waals surface area contributed by atoms with Crippen LogP contribution < -0.4 is 5.73 Å². The fraction of sp³-hybridized carbons (Fsp3) is 0.125. The highest BCUT2D eigenvalue weighted by Crippen LogP contribution is 2.19. The summed E-state index contributed by atoms with van der Waals surface area (Å²) in [5, 5.41) is 0.677. The normalized spacial score (nSPS) is 9.75. The second kappa shape index (κ2) is 4.38. The SMILES string of the molecule is [NH]C(=O)CSc1ccc(Cl)cc1. The van der Waals surface area contributed by atoms with Gasteiger partial charge in [0.2, 0.25) is 5.91 Å². The van der Waals surface area contributed by atoms with Gasteiger partial charge in [0.25, 0.3) is 0 Å². The number of halogens is 1. The van der Waals surface area contributed by atoms with Gasteiger partial charge in [-0.2, -0.15) is 0 Å². The summed E-state index contributed by atoms with van der Waals surface area (Å²) in [5.41, 5.74) is 6.68. The van der Waals surface area contributed by atoms with Gasteiger partial charge in [0.15, 0.2) is 0 Å². The molecule has 63 valence electrons. The molecule has 0 bridgehead atoms. The first-order valence-corrected chi connectivity index (χ1v) is 4.67. The second-order valence-electron chi connectivity index (χ2n) is 2.17. The maximum Gasteiger partial charge on any atom is 0.248 e. The van der Waals surface area contributed by atoms with Crippen LogP contribution in [0.25, 0.3) is 0 Å². The molecule has 0 spiro atoms. The van der Waals surface area contributed by atoms with Crippen LogP contribution in [0.1, 0.15) is 0 Å². The van der Waals surface area contributed by atoms with E-state index in [0.29, 0.717) is 5.02 Å². The van der Waals surface area contributed by atoms with Crippen molar-refractivity contribution in [3.8, 4) is 0 Å². The van der Waals surface area contributed by atoms with E-state index in [1.165, 1.54) is 11.8 Å². The molecule has 1 amide bonds. The first-order chi connectivity index (χ1) is 5.68. The van der Waals surface area contributed by atoms with E-state index < -0.39 is 5.91 Å². The van der Waals surface area contributed by atoms with Gasteiger partial charge in [0.05, 0.1) is 5.75 Å². The molecule has 1 rings (SSSR count). The lowest BCUT2D eigenvalue weighted by Gasteiger charge is -1.97. The van der Waals surface area contributed by atoms with E-state index in [1.54, 1.807) is 12.1 Å². The van der Waals surface area contributed by atoms with Crippen molar-refractivity contribution in [2.75, 3.05) is 5.75 Å². The Morgan fingerprint density at radius 3 is 2.50 bits per heavy atom. The quantitative estimate of drug-likeness (QED) is 0.703. The van der Waals surface area contributed by atoms with Gasteiger partial charge in [0, 0.05) is 9.92 Å².